The van der Waals surface area contributed by atoms with Crippen LogP contribution in [0.5, 0.6) is 5.75 Å². The lowest BCUT2D eigenvalue weighted by Gasteiger charge is -2.14. The minimum Gasteiger partial charge on any atom is -0.495 e. The van der Waals surface area contributed by atoms with E-state index < -0.39 is 0 Å². The number of hydrogen-bond acceptors (Lipinski definition) is 4. The molecule has 2 rings (SSSR count). The first kappa shape index (κ1) is 12.7. The second-order valence-electron chi connectivity index (χ2n) is 4.67. The highest BCUT2D eigenvalue weighted by atomic mass is 16.6. The van der Waals surface area contributed by atoms with E-state index in [4.69, 9.17) is 4.74 Å². The fourth-order valence-electron chi connectivity index (χ4n) is 2.42. The Kier molecular flexibility index (Phi) is 4.02. The van der Waals surface area contributed by atoms with Crippen LogP contribution in [-0.4, -0.2) is 18.6 Å². The van der Waals surface area contributed by atoms with E-state index in [2.05, 4.69) is 5.32 Å². The zero-order valence-corrected chi connectivity index (χ0v) is 10.5. The molecule has 5 heteroatoms. The van der Waals surface area contributed by atoms with Crippen molar-refractivity contribution < 1.29 is 9.66 Å². The SMILES string of the molecule is COc1ccc([N+](=O)[O-])cc1NCC1CCCC1. The molecule has 0 saturated heterocycles. The number of hydrogen-bond donors (Lipinski definition) is 1. The van der Waals surface area contributed by atoms with Gasteiger partial charge in [0.1, 0.15) is 5.75 Å². The smallest absolute Gasteiger partial charge is 0.271 e. The van der Waals surface area contributed by atoms with Crippen molar-refractivity contribution in [1.29, 1.82) is 0 Å². The monoisotopic (exact) mass is 250 g/mol. The summed E-state index contributed by atoms with van der Waals surface area (Å²) in [7, 11) is 1.57. The maximum Gasteiger partial charge on any atom is 0.271 e. The van der Waals surface area contributed by atoms with Crippen LogP contribution in [0.4, 0.5) is 11.4 Å². The van der Waals surface area contributed by atoms with E-state index in [9.17, 15) is 10.1 Å². The molecular formula is C13H18N2O3. The molecule has 1 N–H and O–H groups in total. The average molecular weight is 250 g/mol. The van der Waals surface area contributed by atoms with Crippen molar-refractivity contribution in [1.82, 2.24) is 0 Å². The van der Waals surface area contributed by atoms with E-state index >= 15 is 0 Å². The Morgan fingerprint density at radius 1 is 1.44 bits per heavy atom. The third-order valence-electron chi connectivity index (χ3n) is 3.45. The van der Waals surface area contributed by atoms with Gasteiger partial charge in [-0.15, -0.1) is 0 Å². The lowest BCUT2D eigenvalue weighted by Crippen LogP contribution is -2.11. The maximum atomic E-state index is 10.8. The zero-order chi connectivity index (χ0) is 13.0. The van der Waals surface area contributed by atoms with Crippen LogP contribution in [0.1, 0.15) is 25.7 Å². The van der Waals surface area contributed by atoms with Gasteiger partial charge in [0.05, 0.1) is 17.7 Å². The summed E-state index contributed by atoms with van der Waals surface area (Å²) in [5, 5.41) is 14.0. The van der Waals surface area contributed by atoms with Crippen LogP contribution in [0.15, 0.2) is 18.2 Å². The molecule has 0 radical (unpaired) electrons. The Morgan fingerprint density at radius 2 is 2.17 bits per heavy atom. The highest BCUT2D eigenvalue weighted by Crippen LogP contribution is 2.30. The van der Waals surface area contributed by atoms with Gasteiger partial charge in [-0.05, 0) is 24.8 Å². The number of non-ortho nitro benzene ring substituents is 1. The van der Waals surface area contributed by atoms with E-state index in [1.807, 2.05) is 0 Å². The van der Waals surface area contributed by atoms with Crippen LogP contribution in [0.2, 0.25) is 0 Å². The summed E-state index contributed by atoms with van der Waals surface area (Å²) >= 11 is 0. The minimum atomic E-state index is -0.389. The zero-order valence-electron chi connectivity index (χ0n) is 10.5. The first-order chi connectivity index (χ1) is 8.70. The minimum absolute atomic E-state index is 0.0877. The summed E-state index contributed by atoms with van der Waals surface area (Å²) in [6.07, 6.45) is 5.06. The first-order valence-electron chi connectivity index (χ1n) is 6.27. The van der Waals surface area contributed by atoms with Crippen LogP contribution < -0.4 is 10.1 Å². The van der Waals surface area contributed by atoms with Crippen molar-refractivity contribution in [2.24, 2.45) is 5.92 Å². The predicted molar refractivity (Wildman–Crippen MR) is 70.1 cm³/mol. The molecule has 0 amide bonds. The molecule has 18 heavy (non-hydrogen) atoms. The molecule has 1 aliphatic rings. The van der Waals surface area contributed by atoms with Gasteiger partial charge in [-0.25, -0.2) is 0 Å². The molecule has 98 valence electrons. The molecule has 1 aliphatic carbocycles. The third-order valence-corrected chi connectivity index (χ3v) is 3.45. The van der Waals surface area contributed by atoms with Gasteiger partial charge >= 0.3 is 0 Å². The molecule has 0 spiro atoms. The predicted octanol–water partition coefficient (Wildman–Crippen LogP) is 3.21. The van der Waals surface area contributed by atoms with Gasteiger partial charge in [-0.1, -0.05) is 12.8 Å². The number of rotatable bonds is 5. The Morgan fingerprint density at radius 3 is 2.78 bits per heavy atom. The first-order valence-corrected chi connectivity index (χ1v) is 6.27. The quantitative estimate of drug-likeness (QED) is 0.643. The van der Waals surface area contributed by atoms with Crippen molar-refractivity contribution in [2.45, 2.75) is 25.7 Å². The molecular weight excluding hydrogens is 232 g/mol. The highest BCUT2D eigenvalue weighted by molar-refractivity contribution is 5.61. The lowest BCUT2D eigenvalue weighted by atomic mass is 10.1. The van der Waals surface area contributed by atoms with Crippen LogP contribution in [0.25, 0.3) is 0 Å². The number of nitrogens with zero attached hydrogens (tertiary/aromatic N) is 1. The summed E-state index contributed by atoms with van der Waals surface area (Å²) in [5.74, 6) is 1.33. The summed E-state index contributed by atoms with van der Waals surface area (Å²) in [5.41, 5.74) is 0.795. The highest BCUT2D eigenvalue weighted by Gasteiger charge is 2.16. The van der Waals surface area contributed by atoms with Gasteiger partial charge in [0.25, 0.3) is 5.69 Å². The molecule has 0 atom stereocenters. The number of benzene rings is 1. The van der Waals surface area contributed by atoms with Crippen LogP contribution in [0, 0.1) is 16.0 Å². The molecule has 1 aromatic rings. The Hall–Kier alpha value is -1.78. The molecule has 5 nitrogen and oxygen atoms in total. The standard InChI is InChI=1S/C13H18N2O3/c1-18-13-7-6-11(15(16)17)8-12(13)14-9-10-4-2-3-5-10/h6-8,10,14H,2-5,9H2,1H3. The third kappa shape index (κ3) is 2.91. The van der Waals surface area contributed by atoms with Gasteiger partial charge in [-0.2, -0.15) is 0 Å². The van der Waals surface area contributed by atoms with Gasteiger partial charge in [0, 0.05) is 18.7 Å². The molecule has 0 aliphatic heterocycles. The average Bonchev–Trinajstić information content (AvgIpc) is 2.89. The molecule has 0 bridgehead atoms. The van der Waals surface area contributed by atoms with Crippen LogP contribution in [-0.2, 0) is 0 Å². The molecule has 0 aromatic heterocycles. The van der Waals surface area contributed by atoms with E-state index in [0.717, 1.165) is 6.54 Å². The molecule has 0 unspecified atom stereocenters. The number of nitro benzene ring substituents is 1. The fraction of sp³-hybridized carbons (Fsp3) is 0.538. The van der Waals surface area contributed by atoms with Gasteiger partial charge in [-0.3, -0.25) is 10.1 Å². The van der Waals surface area contributed by atoms with Crippen LogP contribution >= 0.6 is 0 Å². The van der Waals surface area contributed by atoms with Gasteiger partial charge < -0.3 is 10.1 Å². The van der Waals surface area contributed by atoms with Crippen molar-refractivity contribution >= 4 is 11.4 Å². The molecule has 1 saturated carbocycles. The molecule has 1 aromatic carbocycles. The summed E-state index contributed by atoms with van der Waals surface area (Å²) < 4.78 is 5.21. The number of methoxy groups -OCH3 is 1. The Balaban J connectivity index is 2.08. The van der Waals surface area contributed by atoms with Crippen molar-refractivity contribution in [2.75, 3.05) is 19.0 Å². The summed E-state index contributed by atoms with van der Waals surface area (Å²) in [6.45, 7) is 0.859. The lowest BCUT2D eigenvalue weighted by molar-refractivity contribution is -0.384. The topological polar surface area (TPSA) is 64.4 Å². The van der Waals surface area contributed by atoms with Crippen molar-refractivity contribution in [3.8, 4) is 5.75 Å². The number of nitro groups is 1. The number of nitrogens with one attached hydrogen (secondary N) is 1. The summed E-state index contributed by atoms with van der Waals surface area (Å²) in [6, 6.07) is 4.63. The number of ether oxygens (including phenoxy) is 1. The van der Waals surface area contributed by atoms with E-state index in [1.54, 1.807) is 13.2 Å². The molecule has 0 heterocycles. The van der Waals surface area contributed by atoms with E-state index in [-0.39, 0.29) is 10.6 Å². The number of anilines is 1. The van der Waals surface area contributed by atoms with Crippen molar-refractivity contribution in [3.63, 3.8) is 0 Å². The Bertz CT molecular complexity index is 428. The van der Waals surface area contributed by atoms with Gasteiger partial charge in [0.2, 0.25) is 0 Å². The Labute approximate surface area is 106 Å². The summed E-state index contributed by atoms with van der Waals surface area (Å²) in [4.78, 5) is 10.4. The normalized spacial score (nSPS) is 15.6. The van der Waals surface area contributed by atoms with E-state index in [1.165, 1.54) is 37.8 Å². The van der Waals surface area contributed by atoms with Crippen molar-refractivity contribution in [3.05, 3.63) is 28.3 Å². The van der Waals surface area contributed by atoms with Crippen LogP contribution in [0.3, 0.4) is 0 Å². The largest absolute Gasteiger partial charge is 0.495 e. The van der Waals surface area contributed by atoms with E-state index in [0.29, 0.717) is 17.4 Å². The fourth-order valence-corrected chi connectivity index (χ4v) is 2.42. The second kappa shape index (κ2) is 5.71. The maximum absolute atomic E-state index is 10.8. The molecule has 1 fully saturated rings. The second-order valence-corrected chi connectivity index (χ2v) is 4.67. The van der Waals surface area contributed by atoms with Gasteiger partial charge in [0.15, 0.2) is 0 Å².